The van der Waals surface area contributed by atoms with Gasteiger partial charge in [0.25, 0.3) is 0 Å². The summed E-state index contributed by atoms with van der Waals surface area (Å²) in [5.74, 6) is -2.26. The molecule has 0 unspecified atom stereocenters. The molecular formula is C18H17ClFNO4. The number of fused-ring (bicyclic) bond motifs is 1. The van der Waals surface area contributed by atoms with Gasteiger partial charge in [0.2, 0.25) is 11.8 Å². The summed E-state index contributed by atoms with van der Waals surface area (Å²) in [6.07, 6.45) is 4.80. The second kappa shape index (κ2) is 7.35. The molecule has 5 nitrogen and oxygen atoms in total. The average Bonchev–Trinajstić information content (AvgIpc) is 2.84. The highest BCUT2D eigenvalue weighted by Crippen LogP contribution is 2.35. The molecule has 0 bridgehead atoms. The van der Waals surface area contributed by atoms with Gasteiger partial charge < -0.3 is 4.74 Å². The van der Waals surface area contributed by atoms with Crippen LogP contribution in [0.5, 0.6) is 0 Å². The third kappa shape index (κ3) is 3.58. The van der Waals surface area contributed by atoms with Gasteiger partial charge in [0.1, 0.15) is 12.4 Å². The van der Waals surface area contributed by atoms with Crippen molar-refractivity contribution < 1.29 is 23.5 Å². The fourth-order valence-electron chi connectivity index (χ4n) is 3.19. The number of esters is 1. The van der Waals surface area contributed by atoms with Crippen molar-refractivity contribution in [2.45, 2.75) is 25.9 Å². The molecule has 25 heavy (non-hydrogen) atoms. The summed E-state index contributed by atoms with van der Waals surface area (Å²) in [4.78, 5) is 37.6. The Kier molecular flexibility index (Phi) is 5.18. The molecule has 2 atom stereocenters. The Labute approximate surface area is 149 Å². The summed E-state index contributed by atoms with van der Waals surface area (Å²) < 4.78 is 18.6. The average molecular weight is 366 g/mol. The van der Waals surface area contributed by atoms with E-state index in [0.717, 1.165) is 4.90 Å². The van der Waals surface area contributed by atoms with E-state index in [9.17, 15) is 18.8 Å². The van der Waals surface area contributed by atoms with Crippen molar-refractivity contribution >= 4 is 29.4 Å². The van der Waals surface area contributed by atoms with Crippen LogP contribution in [0.25, 0.3) is 0 Å². The van der Waals surface area contributed by atoms with E-state index in [1.54, 1.807) is 0 Å². The van der Waals surface area contributed by atoms with E-state index >= 15 is 0 Å². The van der Waals surface area contributed by atoms with E-state index in [-0.39, 0.29) is 53.8 Å². The van der Waals surface area contributed by atoms with Gasteiger partial charge in [-0.15, -0.1) is 0 Å². The van der Waals surface area contributed by atoms with Crippen LogP contribution in [-0.4, -0.2) is 29.2 Å². The lowest BCUT2D eigenvalue weighted by Crippen LogP contribution is -2.33. The molecule has 0 N–H and O–H groups in total. The summed E-state index contributed by atoms with van der Waals surface area (Å²) in [7, 11) is 0. The fourth-order valence-corrected chi connectivity index (χ4v) is 3.41. The van der Waals surface area contributed by atoms with Gasteiger partial charge in [-0.25, -0.2) is 4.39 Å². The van der Waals surface area contributed by atoms with Gasteiger partial charge in [-0.1, -0.05) is 29.8 Å². The first-order chi connectivity index (χ1) is 12.0. The molecule has 7 heteroatoms. The Morgan fingerprint density at radius 1 is 1.20 bits per heavy atom. The maximum absolute atomic E-state index is 13.6. The van der Waals surface area contributed by atoms with Gasteiger partial charge in [0, 0.05) is 12.1 Å². The van der Waals surface area contributed by atoms with Gasteiger partial charge in [0.15, 0.2) is 0 Å². The first-order valence-corrected chi connectivity index (χ1v) is 8.45. The minimum Gasteiger partial charge on any atom is -0.461 e. The zero-order valence-corrected chi connectivity index (χ0v) is 14.2. The van der Waals surface area contributed by atoms with Crippen LogP contribution in [-0.2, 0) is 25.7 Å². The normalized spacial score (nSPS) is 22.2. The minimum absolute atomic E-state index is 0.0193. The number of carbonyl (C=O) groups excluding carboxylic acids is 3. The van der Waals surface area contributed by atoms with Gasteiger partial charge in [-0.3, -0.25) is 19.3 Å². The molecule has 2 aliphatic rings. The molecule has 0 radical (unpaired) electrons. The maximum atomic E-state index is 13.6. The highest BCUT2D eigenvalue weighted by Gasteiger charge is 2.46. The van der Waals surface area contributed by atoms with Crippen molar-refractivity contribution in [1.82, 2.24) is 4.90 Å². The molecule has 1 fully saturated rings. The van der Waals surface area contributed by atoms with Gasteiger partial charge in [-0.05, 0) is 25.0 Å². The second-order valence-electron chi connectivity index (χ2n) is 6.09. The van der Waals surface area contributed by atoms with Crippen LogP contribution in [0.4, 0.5) is 4.39 Å². The van der Waals surface area contributed by atoms with Crippen LogP contribution >= 0.6 is 11.6 Å². The molecule has 132 valence electrons. The fraction of sp³-hybridized carbons (Fsp3) is 0.389. The number of benzene rings is 1. The monoisotopic (exact) mass is 365 g/mol. The topological polar surface area (TPSA) is 63.7 Å². The number of likely N-dealkylation sites (tertiary alicyclic amines) is 1. The van der Waals surface area contributed by atoms with Crippen LogP contribution in [0.15, 0.2) is 30.4 Å². The summed E-state index contributed by atoms with van der Waals surface area (Å²) in [6.45, 7) is -0.310. The highest BCUT2D eigenvalue weighted by molar-refractivity contribution is 6.31. The van der Waals surface area contributed by atoms with E-state index in [4.69, 9.17) is 16.3 Å². The van der Waals surface area contributed by atoms with Crippen LogP contribution in [0.2, 0.25) is 5.02 Å². The van der Waals surface area contributed by atoms with E-state index in [0.29, 0.717) is 12.8 Å². The summed E-state index contributed by atoms with van der Waals surface area (Å²) in [6, 6.07) is 4.19. The van der Waals surface area contributed by atoms with Gasteiger partial charge >= 0.3 is 5.97 Å². The Morgan fingerprint density at radius 3 is 2.44 bits per heavy atom. The van der Waals surface area contributed by atoms with Crippen molar-refractivity contribution in [1.29, 1.82) is 0 Å². The molecule has 0 spiro atoms. The number of rotatable bonds is 5. The zero-order chi connectivity index (χ0) is 18.0. The number of carbonyl (C=O) groups is 3. The number of ether oxygens (including phenoxy) is 1. The number of allylic oxidation sites excluding steroid dienone is 2. The van der Waals surface area contributed by atoms with Crippen molar-refractivity contribution in [2.24, 2.45) is 11.8 Å². The number of hydrogen-bond donors (Lipinski definition) is 0. The summed E-state index contributed by atoms with van der Waals surface area (Å²) in [5.41, 5.74) is 0.0999. The van der Waals surface area contributed by atoms with Crippen LogP contribution in [0, 0.1) is 17.7 Å². The molecule has 0 aromatic heterocycles. The molecule has 1 aromatic carbocycles. The Morgan fingerprint density at radius 2 is 1.84 bits per heavy atom. The second-order valence-corrected chi connectivity index (χ2v) is 6.50. The predicted octanol–water partition coefficient (Wildman–Crippen LogP) is 2.86. The quantitative estimate of drug-likeness (QED) is 0.457. The largest absolute Gasteiger partial charge is 0.461 e. The molecule has 1 aliphatic carbocycles. The molecule has 1 aliphatic heterocycles. The molecule has 3 rings (SSSR count). The molecular weight excluding hydrogens is 349 g/mol. The summed E-state index contributed by atoms with van der Waals surface area (Å²) >= 11 is 5.87. The maximum Gasteiger partial charge on any atom is 0.307 e. The number of halogens is 2. The minimum atomic E-state index is -0.618. The van der Waals surface area contributed by atoms with Crippen LogP contribution < -0.4 is 0 Å². The lowest BCUT2D eigenvalue weighted by molar-refractivity contribution is -0.146. The van der Waals surface area contributed by atoms with Crippen LogP contribution in [0.3, 0.4) is 0 Å². The number of nitrogens with zero attached hydrogens (tertiary/aromatic N) is 1. The first-order valence-electron chi connectivity index (χ1n) is 8.07. The number of imide groups is 1. The molecule has 2 amide bonds. The molecule has 0 saturated carbocycles. The standard InChI is InChI=1S/C18H17ClFNO4/c19-14-6-3-7-15(20)13(14)10-25-16(22)8-9-21-17(23)11-4-1-2-5-12(11)18(21)24/h1-3,6-7,11-12H,4-5,8-10H2/t11-,12-/m0/s1. The van der Waals surface area contributed by atoms with E-state index < -0.39 is 11.8 Å². The van der Waals surface area contributed by atoms with E-state index in [1.807, 2.05) is 12.2 Å². The number of hydrogen-bond acceptors (Lipinski definition) is 4. The lowest BCUT2D eigenvalue weighted by Gasteiger charge is -2.14. The van der Waals surface area contributed by atoms with E-state index in [1.165, 1.54) is 18.2 Å². The highest BCUT2D eigenvalue weighted by atomic mass is 35.5. The predicted molar refractivity (Wildman–Crippen MR) is 87.9 cm³/mol. The van der Waals surface area contributed by atoms with Crippen molar-refractivity contribution in [3.8, 4) is 0 Å². The SMILES string of the molecule is O=C(CCN1C(=O)[C@H]2CC=CC[C@@H]2C1=O)OCc1c(F)cccc1Cl. The van der Waals surface area contributed by atoms with Crippen molar-refractivity contribution in [3.63, 3.8) is 0 Å². The Balaban J connectivity index is 1.53. The van der Waals surface area contributed by atoms with Crippen LogP contribution in [0.1, 0.15) is 24.8 Å². The summed E-state index contributed by atoms with van der Waals surface area (Å²) in [5, 5.41) is 0.175. The van der Waals surface area contributed by atoms with Crippen molar-refractivity contribution in [3.05, 3.63) is 46.8 Å². The smallest absolute Gasteiger partial charge is 0.307 e. The lowest BCUT2D eigenvalue weighted by atomic mass is 9.85. The third-order valence-electron chi connectivity index (χ3n) is 4.58. The van der Waals surface area contributed by atoms with Crippen molar-refractivity contribution in [2.75, 3.05) is 6.54 Å². The Bertz CT molecular complexity index is 702. The third-order valence-corrected chi connectivity index (χ3v) is 4.93. The number of amides is 2. The van der Waals surface area contributed by atoms with Gasteiger partial charge in [-0.2, -0.15) is 0 Å². The van der Waals surface area contributed by atoms with E-state index in [2.05, 4.69) is 0 Å². The zero-order valence-electron chi connectivity index (χ0n) is 13.4. The molecule has 1 aromatic rings. The molecule has 1 saturated heterocycles. The molecule has 1 heterocycles. The van der Waals surface area contributed by atoms with Gasteiger partial charge in [0.05, 0.1) is 23.3 Å². The first kappa shape index (κ1) is 17.6. The Hall–Kier alpha value is -2.21.